The number of carboxylic acids is 1. The number of pyridine rings is 1. The zero-order valence-electron chi connectivity index (χ0n) is 10.2. The van der Waals surface area contributed by atoms with E-state index in [1.54, 1.807) is 6.07 Å². The molecule has 1 aromatic heterocycles. The average molecular weight is 285 g/mol. The van der Waals surface area contributed by atoms with Gasteiger partial charge in [0.1, 0.15) is 23.1 Å². The van der Waals surface area contributed by atoms with E-state index >= 15 is 0 Å². The van der Waals surface area contributed by atoms with Crippen molar-refractivity contribution < 1.29 is 23.1 Å². The Bertz CT molecular complexity index is 589. The fraction of sp³-hybridized carbons (Fsp3) is 0.417. The molecule has 2 rings (SSSR count). The van der Waals surface area contributed by atoms with Crippen LogP contribution in [0.5, 0.6) is 0 Å². The van der Waals surface area contributed by atoms with Crippen molar-refractivity contribution in [1.82, 2.24) is 4.98 Å². The van der Waals surface area contributed by atoms with Gasteiger partial charge in [0, 0.05) is 0 Å². The molecule has 0 unspecified atom stereocenters. The third-order valence-corrected chi connectivity index (χ3v) is 3.28. The maximum absolute atomic E-state index is 12.6. The molecule has 0 aliphatic heterocycles. The Morgan fingerprint density at radius 2 is 2.10 bits per heavy atom. The van der Waals surface area contributed by atoms with Gasteiger partial charge in [-0.3, -0.25) is 0 Å². The van der Waals surface area contributed by atoms with Gasteiger partial charge < -0.3 is 10.4 Å². The highest BCUT2D eigenvalue weighted by molar-refractivity contribution is 5.84. The van der Waals surface area contributed by atoms with Gasteiger partial charge >= 0.3 is 12.1 Å². The number of carbonyl (C=O) groups is 1. The molecule has 1 saturated carbocycles. The molecule has 1 aromatic rings. The van der Waals surface area contributed by atoms with Gasteiger partial charge in [0.05, 0.1) is 5.56 Å². The van der Waals surface area contributed by atoms with Crippen LogP contribution in [-0.2, 0) is 11.0 Å². The molecule has 0 spiro atoms. The molecule has 1 aliphatic carbocycles. The number of nitrogens with one attached hydrogen (secondary N) is 1. The van der Waals surface area contributed by atoms with E-state index in [1.165, 1.54) is 0 Å². The third-order valence-electron chi connectivity index (χ3n) is 3.28. The highest BCUT2D eigenvalue weighted by atomic mass is 19.4. The predicted octanol–water partition coefficient (Wildman–Crippen LogP) is 2.39. The van der Waals surface area contributed by atoms with Crippen molar-refractivity contribution in [3.05, 3.63) is 23.4 Å². The largest absolute Gasteiger partial charge is 0.480 e. The Morgan fingerprint density at radius 3 is 2.50 bits per heavy atom. The molecule has 1 fully saturated rings. The topological polar surface area (TPSA) is 86.0 Å². The summed E-state index contributed by atoms with van der Waals surface area (Å²) in [6.07, 6.45) is -3.43. The van der Waals surface area contributed by atoms with Crippen LogP contribution in [0.2, 0.25) is 0 Å². The summed E-state index contributed by atoms with van der Waals surface area (Å²) in [6.45, 7) is 0. The summed E-state index contributed by atoms with van der Waals surface area (Å²) in [5, 5.41) is 20.5. The van der Waals surface area contributed by atoms with E-state index in [9.17, 15) is 18.0 Å². The summed E-state index contributed by atoms with van der Waals surface area (Å²) in [4.78, 5) is 14.5. The summed E-state index contributed by atoms with van der Waals surface area (Å²) in [7, 11) is 0. The van der Waals surface area contributed by atoms with Crippen LogP contribution in [-0.4, -0.2) is 21.6 Å². The van der Waals surface area contributed by atoms with Crippen molar-refractivity contribution in [2.75, 3.05) is 5.32 Å². The van der Waals surface area contributed by atoms with Crippen molar-refractivity contribution in [2.24, 2.45) is 0 Å². The SMILES string of the molecule is N#Cc1ccc(C(F)(F)F)nc1NC1(C(=O)O)CCC1. The predicted molar refractivity (Wildman–Crippen MR) is 61.8 cm³/mol. The molecule has 0 aromatic carbocycles. The summed E-state index contributed by atoms with van der Waals surface area (Å²) >= 11 is 0. The first-order chi connectivity index (χ1) is 9.28. The van der Waals surface area contributed by atoms with E-state index in [2.05, 4.69) is 10.3 Å². The second-order valence-electron chi connectivity index (χ2n) is 4.57. The number of carboxylic acid groups (broad SMARTS) is 1. The molecule has 1 aliphatic rings. The van der Waals surface area contributed by atoms with Crippen LogP contribution >= 0.6 is 0 Å². The van der Waals surface area contributed by atoms with Gasteiger partial charge in [-0.25, -0.2) is 9.78 Å². The Labute approximate surface area is 112 Å². The maximum atomic E-state index is 12.6. The Hall–Kier alpha value is -2.30. The fourth-order valence-corrected chi connectivity index (χ4v) is 1.95. The van der Waals surface area contributed by atoms with Crippen LogP contribution in [0.4, 0.5) is 19.0 Å². The number of nitriles is 1. The van der Waals surface area contributed by atoms with Crippen molar-refractivity contribution in [3.8, 4) is 6.07 Å². The molecule has 0 radical (unpaired) electrons. The number of aliphatic carboxylic acids is 1. The molecule has 1 heterocycles. The van der Waals surface area contributed by atoms with E-state index in [0.29, 0.717) is 12.5 Å². The summed E-state index contributed by atoms with van der Waals surface area (Å²) < 4.78 is 37.8. The Kier molecular flexibility index (Phi) is 3.29. The Balaban J connectivity index is 2.40. The second kappa shape index (κ2) is 4.67. The van der Waals surface area contributed by atoms with Gasteiger partial charge in [0.25, 0.3) is 0 Å². The zero-order chi connectivity index (χ0) is 15.0. The first-order valence-electron chi connectivity index (χ1n) is 5.78. The first-order valence-corrected chi connectivity index (χ1v) is 5.78. The summed E-state index contributed by atoms with van der Waals surface area (Å²) in [6, 6.07) is 3.37. The van der Waals surface area contributed by atoms with Gasteiger partial charge in [0.15, 0.2) is 0 Å². The van der Waals surface area contributed by atoms with Gasteiger partial charge in [-0.1, -0.05) is 0 Å². The summed E-state index contributed by atoms with van der Waals surface area (Å²) in [5.41, 5.74) is -2.62. The molecular weight excluding hydrogens is 275 g/mol. The van der Waals surface area contributed by atoms with Crippen molar-refractivity contribution in [2.45, 2.75) is 31.0 Å². The third kappa shape index (κ3) is 2.39. The number of aromatic nitrogens is 1. The van der Waals surface area contributed by atoms with E-state index in [0.717, 1.165) is 6.07 Å². The second-order valence-corrected chi connectivity index (χ2v) is 4.57. The molecule has 20 heavy (non-hydrogen) atoms. The maximum Gasteiger partial charge on any atom is 0.433 e. The van der Waals surface area contributed by atoms with Crippen LogP contribution in [0.3, 0.4) is 0 Å². The average Bonchev–Trinajstić information content (AvgIpc) is 2.31. The number of hydrogen-bond donors (Lipinski definition) is 2. The molecular formula is C12H10F3N3O2. The smallest absolute Gasteiger partial charge is 0.433 e. The normalized spacial score (nSPS) is 16.9. The zero-order valence-corrected chi connectivity index (χ0v) is 10.2. The van der Waals surface area contributed by atoms with Crippen LogP contribution in [0.25, 0.3) is 0 Å². The first kappa shape index (κ1) is 14.1. The number of halogens is 3. The van der Waals surface area contributed by atoms with E-state index in [4.69, 9.17) is 10.4 Å². The van der Waals surface area contributed by atoms with Crippen LogP contribution in [0.1, 0.15) is 30.5 Å². The molecule has 0 amide bonds. The standard InChI is InChI=1S/C12H10F3N3O2/c13-12(14,15)8-3-2-7(6-16)9(17-8)18-11(10(19)20)4-1-5-11/h2-3H,1,4-5H2,(H,17,18)(H,19,20). The highest BCUT2D eigenvalue weighted by Crippen LogP contribution is 2.37. The molecule has 106 valence electrons. The quantitative estimate of drug-likeness (QED) is 0.890. The molecule has 0 bridgehead atoms. The van der Waals surface area contributed by atoms with Crippen LogP contribution < -0.4 is 5.32 Å². The van der Waals surface area contributed by atoms with Gasteiger partial charge in [-0.2, -0.15) is 18.4 Å². The minimum atomic E-state index is -4.65. The Morgan fingerprint density at radius 1 is 1.45 bits per heavy atom. The molecule has 0 atom stereocenters. The van der Waals surface area contributed by atoms with E-state index < -0.39 is 23.4 Å². The lowest BCUT2D eigenvalue weighted by molar-refractivity contribution is -0.145. The number of alkyl halides is 3. The van der Waals surface area contributed by atoms with Crippen molar-refractivity contribution in [1.29, 1.82) is 5.26 Å². The lowest BCUT2D eigenvalue weighted by atomic mass is 9.76. The number of nitrogens with zero attached hydrogens (tertiary/aromatic N) is 2. The van der Waals surface area contributed by atoms with E-state index in [-0.39, 0.29) is 24.2 Å². The number of anilines is 1. The molecule has 2 N–H and O–H groups in total. The fourth-order valence-electron chi connectivity index (χ4n) is 1.95. The van der Waals surface area contributed by atoms with Gasteiger partial charge in [-0.15, -0.1) is 0 Å². The molecule has 0 saturated heterocycles. The minimum absolute atomic E-state index is 0.120. The van der Waals surface area contributed by atoms with Crippen LogP contribution in [0.15, 0.2) is 12.1 Å². The molecule has 8 heteroatoms. The van der Waals surface area contributed by atoms with Gasteiger partial charge in [0.2, 0.25) is 0 Å². The van der Waals surface area contributed by atoms with E-state index in [1.807, 2.05) is 0 Å². The lowest BCUT2D eigenvalue weighted by Crippen LogP contribution is -2.52. The highest BCUT2D eigenvalue weighted by Gasteiger charge is 2.45. The molecule has 5 nitrogen and oxygen atoms in total. The monoisotopic (exact) mass is 285 g/mol. The minimum Gasteiger partial charge on any atom is -0.480 e. The van der Waals surface area contributed by atoms with Crippen LogP contribution in [0, 0.1) is 11.3 Å². The van der Waals surface area contributed by atoms with Crippen molar-refractivity contribution >= 4 is 11.8 Å². The summed E-state index contributed by atoms with van der Waals surface area (Å²) in [5.74, 6) is -1.50. The van der Waals surface area contributed by atoms with Gasteiger partial charge in [-0.05, 0) is 31.4 Å². The number of rotatable bonds is 3. The number of hydrogen-bond acceptors (Lipinski definition) is 4. The van der Waals surface area contributed by atoms with Crippen molar-refractivity contribution in [3.63, 3.8) is 0 Å². The lowest BCUT2D eigenvalue weighted by Gasteiger charge is -2.38.